The van der Waals surface area contributed by atoms with Gasteiger partial charge in [0.2, 0.25) is 0 Å². The molecule has 8 heteroatoms. The van der Waals surface area contributed by atoms with Gasteiger partial charge >= 0.3 is 0 Å². The molecule has 0 unspecified atom stereocenters. The van der Waals surface area contributed by atoms with Gasteiger partial charge in [-0.05, 0) is 49.8 Å². The van der Waals surface area contributed by atoms with Crippen LogP contribution in [0.3, 0.4) is 0 Å². The second kappa shape index (κ2) is 9.48. The van der Waals surface area contributed by atoms with E-state index < -0.39 is 20.0 Å². The zero-order chi connectivity index (χ0) is 24.3. The quantitative estimate of drug-likeness (QED) is 0.504. The van der Waals surface area contributed by atoms with Crippen LogP contribution in [0.15, 0.2) is 107 Å². The third-order valence-electron chi connectivity index (χ3n) is 5.57. The van der Waals surface area contributed by atoms with Gasteiger partial charge in [0.1, 0.15) is 0 Å². The number of hydrogen-bond acceptors (Lipinski definition) is 4. The number of rotatable bonds is 6. The lowest BCUT2D eigenvalue weighted by atomic mass is 10.2. The first-order valence-electron chi connectivity index (χ1n) is 10.8. The zero-order valence-corrected chi connectivity index (χ0v) is 20.6. The van der Waals surface area contributed by atoms with Crippen LogP contribution < -0.4 is 0 Å². The molecule has 0 saturated heterocycles. The standard InChI is InChI=1S/C26H26N2O4S2/c1-21-8-14-25(15-9-21)33(29,30)27-18-19-28(34(31,32)26-16-10-22(2)11-17-26)24(20-27)13-12-23-6-4-3-5-7-23/h3-17,20H,18-19H2,1-2H3/b13-12+. The molecule has 0 aliphatic carbocycles. The highest BCUT2D eigenvalue weighted by Gasteiger charge is 2.33. The first-order chi connectivity index (χ1) is 16.2. The van der Waals surface area contributed by atoms with Crippen molar-refractivity contribution >= 4 is 26.1 Å². The van der Waals surface area contributed by atoms with Crippen molar-refractivity contribution in [2.45, 2.75) is 23.6 Å². The Hall–Kier alpha value is -3.36. The molecule has 0 saturated carbocycles. The highest BCUT2D eigenvalue weighted by atomic mass is 32.2. The van der Waals surface area contributed by atoms with Crippen LogP contribution in [0.4, 0.5) is 0 Å². The van der Waals surface area contributed by atoms with Crippen molar-refractivity contribution in [1.82, 2.24) is 8.61 Å². The first-order valence-corrected chi connectivity index (χ1v) is 13.7. The number of hydrogen-bond donors (Lipinski definition) is 0. The molecule has 0 spiro atoms. The van der Waals surface area contributed by atoms with Gasteiger partial charge in [0, 0.05) is 6.20 Å². The van der Waals surface area contributed by atoms with Crippen molar-refractivity contribution in [3.05, 3.63) is 114 Å². The summed E-state index contributed by atoms with van der Waals surface area (Å²) >= 11 is 0. The highest BCUT2D eigenvalue weighted by Crippen LogP contribution is 2.28. The summed E-state index contributed by atoms with van der Waals surface area (Å²) in [5, 5.41) is 0. The summed E-state index contributed by atoms with van der Waals surface area (Å²) in [4.78, 5) is 0.322. The Morgan fingerprint density at radius 3 is 1.74 bits per heavy atom. The Kier molecular flexibility index (Phi) is 6.63. The summed E-state index contributed by atoms with van der Waals surface area (Å²) in [5.74, 6) is 0. The van der Waals surface area contributed by atoms with Gasteiger partial charge in [-0.3, -0.25) is 8.61 Å². The molecule has 176 valence electrons. The molecule has 3 aromatic rings. The van der Waals surface area contributed by atoms with Crippen LogP contribution in [-0.2, 0) is 20.0 Å². The van der Waals surface area contributed by atoms with E-state index in [9.17, 15) is 16.8 Å². The number of allylic oxidation sites excluding steroid dienone is 1. The predicted molar refractivity (Wildman–Crippen MR) is 134 cm³/mol. The van der Waals surface area contributed by atoms with Crippen LogP contribution >= 0.6 is 0 Å². The summed E-state index contributed by atoms with van der Waals surface area (Å²) < 4.78 is 56.0. The van der Waals surface area contributed by atoms with Crippen molar-refractivity contribution in [3.63, 3.8) is 0 Å². The molecule has 4 rings (SSSR count). The summed E-state index contributed by atoms with van der Waals surface area (Å²) in [6.07, 6.45) is 4.80. The van der Waals surface area contributed by atoms with Crippen LogP contribution in [0.2, 0.25) is 0 Å². The molecular formula is C26H26N2O4S2. The van der Waals surface area contributed by atoms with Crippen molar-refractivity contribution < 1.29 is 16.8 Å². The van der Waals surface area contributed by atoms with E-state index in [-0.39, 0.29) is 28.6 Å². The van der Waals surface area contributed by atoms with E-state index in [0.717, 1.165) is 16.7 Å². The summed E-state index contributed by atoms with van der Waals surface area (Å²) in [5.41, 5.74) is 3.05. The van der Waals surface area contributed by atoms with Gasteiger partial charge in [0.25, 0.3) is 20.0 Å². The first kappa shape index (κ1) is 23.8. The van der Waals surface area contributed by atoms with Crippen molar-refractivity contribution in [2.24, 2.45) is 0 Å². The van der Waals surface area contributed by atoms with Crippen LogP contribution in [-0.4, -0.2) is 38.5 Å². The molecule has 0 amide bonds. The minimum atomic E-state index is -3.88. The van der Waals surface area contributed by atoms with Gasteiger partial charge in [0.05, 0.1) is 28.6 Å². The fourth-order valence-corrected chi connectivity index (χ4v) is 6.36. The molecular weight excluding hydrogens is 468 g/mol. The van der Waals surface area contributed by atoms with Gasteiger partial charge in [0.15, 0.2) is 0 Å². The number of benzene rings is 3. The largest absolute Gasteiger partial charge is 0.269 e. The van der Waals surface area contributed by atoms with Gasteiger partial charge in [-0.15, -0.1) is 0 Å². The third kappa shape index (κ3) is 4.93. The monoisotopic (exact) mass is 494 g/mol. The Morgan fingerprint density at radius 1 is 0.647 bits per heavy atom. The van der Waals surface area contributed by atoms with E-state index in [1.54, 1.807) is 60.7 Å². The smallest absolute Gasteiger partial charge is 0.264 e. The molecule has 0 bridgehead atoms. The van der Waals surface area contributed by atoms with Gasteiger partial charge in [-0.1, -0.05) is 71.8 Å². The molecule has 34 heavy (non-hydrogen) atoms. The van der Waals surface area contributed by atoms with E-state index in [0.29, 0.717) is 0 Å². The van der Waals surface area contributed by atoms with Gasteiger partial charge < -0.3 is 0 Å². The summed E-state index contributed by atoms with van der Waals surface area (Å²) in [7, 11) is -7.71. The van der Waals surface area contributed by atoms with E-state index >= 15 is 0 Å². The predicted octanol–water partition coefficient (Wildman–Crippen LogP) is 4.55. The van der Waals surface area contributed by atoms with E-state index in [4.69, 9.17) is 0 Å². The molecule has 1 heterocycles. The number of sulfonamides is 2. The topological polar surface area (TPSA) is 74.8 Å². The molecule has 1 aliphatic heterocycles. The summed E-state index contributed by atoms with van der Waals surface area (Å²) in [6.45, 7) is 3.77. The van der Waals surface area contributed by atoms with Crippen molar-refractivity contribution in [2.75, 3.05) is 13.1 Å². The second-order valence-electron chi connectivity index (χ2n) is 8.12. The minimum absolute atomic E-state index is 0.00395. The van der Waals surface area contributed by atoms with Crippen molar-refractivity contribution in [3.8, 4) is 0 Å². The molecule has 0 N–H and O–H groups in total. The number of nitrogens with zero attached hydrogens (tertiary/aromatic N) is 2. The maximum Gasteiger partial charge on any atom is 0.264 e. The lowest BCUT2D eigenvalue weighted by molar-refractivity contribution is 0.394. The normalized spacial score (nSPS) is 14.9. The molecule has 0 fully saturated rings. The fraction of sp³-hybridized carbons (Fsp3) is 0.154. The van der Waals surface area contributed by atoms with Crippen LogP contribution in [0.1, 0.15) is 16.7 Å². The fourth-order valence-electron chi connectivity index (χ4n) is 3.60. The van der Waals surface area contributed by atoms with Crippen LogP contribution in [0, 0.1) is 13.8 Å². The molecule has 6 nitrogen and oxygen atoms in total. The lowest BCUT2D eigenvalue weighted by Gasteiger charge is -2.34. The van der Waals surface area contributed by atoms with Gasteiger partial charge in [-0.25, -0.2) is 16.8 Å². The van der Waals surface area contributed by atoms with Crippen LogP contribution in [0.5, 0.6) is 0 Å². The SMILES string of the molecule is Cc1ccc(S(=O)(=O)N2C=C(/C=C/c3ccccc3)N(S(=O)(=O)c3ccc(C)cc3)CC2)cc1. The maximum atomic E-state index is 13.5. The third-order valence-corrected chi connectivity index (χ3v) is 9.19. The Balaban J connectivity index is 1.76. The van der Waals surface area contributed by atoms with Gasteiger partial charge in [-0.2, -0.15) is 0 Å². The van der Waals surface area contributed by atoms with E-state index in [1.165, 1.54) is 14.8 Å². The van der Waals surface area contributed by atoms with Crippen LogP contribution in [0.25, 0.3) is 6.08 Å². The molecule has 0 atom stereocenters. The Labute approximate surface area is 201 Å². The van der Waals surface area contributed by atoms with Crippen molar-refractivity contribution in [1.29, 1.82) is 0 Å². The van der Waals surface area contributed by atoms with E-state index in [1.807, 2.05) is 44.2 Å². The Bertz CT molecular complexity index is 1430. The second-order valence-corrected chi connectivity index (χ2v) is 11.9. The summed E-state index contributed by atoms with van der Waals surface area (Å²) in [6, 6.07) is 22.7. The molecule has 0 aromatic heterocycles. The highest BCUT2D eigenvalue weighted by molar-refractivity contribution is 7.89. The number of aryl methyl sites for hydroxylation is 2. The average molecular weight is 495 g/mol. The maximum absolute atomic E-state index is 13.5. The minimum Gasteiger partial charge on any atom is -0.269 e. The molecule has 0 radical (unpaired) electrons. The van der Waals surface area contributed by atoms with E-state index in [2.05, 4.69) is 0 Å². The Morgan fingerprint density at radius 2 is 1.18 bits per heavy atom. The lowest BCUT2D eigenvalue weighted by Crippen LogP contribution is -2.43. The zero-order valence-electron chi connectivity index (χ0n) is 19.0. The molecule has 3 aromatic carbocycles. The molecule has 1 aliphatic rings. The average Bonchev–Trinajstić information content (AvgIpc) is 2.84.